The number of oxime groups is 1. The first-order valence-corrected chi connectivity index (χ1v) is 26.5. The van der Waals surface area contributed by atoms with Crippen molar-refractivity contribution < 1.29 is 38.4 Å². The summed E-state index contributed by atoms with van der Waals surface area (Å²) in [5, 5.41) is 23.4. The van der Waals surface area contributed by atoms with E-state index in [1.165, 1.54) is 46.7 Å². The summed E-state index contributed by atoms with van der Waals surface area (Å²) < 4.78 is 9.93. The maximum Gasteiger partial charge on any atom is 0.352 e. The summed E-state index contributed by atoms with van der Waals surface area (Å²) in [6.07, 6.45) is 1.77. The van der Waals surface area contributed by atoms with Crippen LogP contribution in [0.3, 0.4) is 0 Å². The predicted molar refractivity (Wildman–Crippen MR) is 285 cm³/mol. The molecule has 1 unspecified atom stereocenters. The number of nitrogens with one attached hydrogen (secondary N) is 2. The largest absolute Gasteiger partial charge is 0.477 e. The van der Waals surface area contributed by atoms with Crippen molar-refractivity contribution in [3.8, 4) is 0 Å². The first-order valence-electron chi connectivity index (χ1n) is 23.6. The van der Waals surface area contributed by atoms with Crippen molar-refractivity contribution in [2.75, 3.05) is 16.8 Å². The van der Waals surface area contributed by atoms with Crippen molar-refractivity contribution in [1.82, 2.24) is 24.8 Å². The number of rotatable bonds is 18. The minimum Gasteiger partial charge on any atom is -0.477 e. The summed E-state index contributed by atoms with van der Waals surface area (Å²) in [4.78, 5) is 72.4. The van der Waals surface area contributed by atoms with E-state index in [9.17, 15) is 24.3 Å². The molecule has 3 aromatic heterocycles. The van der Waals surface area contributed by atoms with Gasteiger partial charge in [0.25, 0.3) is 11.8 Å². The summed E-state index contributed by atoms with van der Waals surface area (Å²) in [5.74, 6) is -2.86. The number of carbonyl (C=O) groups is 4. The minimum absolute atomic E-state index is 0.0890. The fourth-order valence-electron chi connectivity index (χ4n) is 9.07. The fraction of sp³-hybridized carbons (Fsp3) is 0.179. The number of thioether (sulfide) groups is 2. The van der Waals surface area contributed by atoms with Crippen LogP contribution >= 0.6 is 34.9 Å². The lowest BCUT2D eigenvalue weighted by Gasteiger charge is -2.49. The highest BCUT2D eigenvalue weighted by Gasteiger charge is 2.54. The Kier molecular flexibility index (Phi) is 14.4. The van der Waals surface area contributed by atoms with Gasteiger partial charge in [-0.2, -0.15) is 0 Å². The van der Waals surface area contributed by atoms with E-state index < -0.39 is 52.9 Å². The molecule has 18 heteroatoms. The molecule has 3 N–H and O–H groups in total. The average molecular weight is 1040 g/mol. The molecule has 3 atom stereocenters. The average Bonchev–Trinajstić information content (AvgIpc) is 4.03. The minimum atomic E-state index is -1.31. The van der Waals surface area contributed by atoms with E-state index in [-0.39, 0.29) is 28.6 Å². The number of nitrogens with zero attached hydrogens (tertiary/aromatic N) is 6. The van der Waals surface area contributed by atoms with E-state index in [2.05, 4.69) is 15.8 Å². The zero-order chi connectivity index (χ0) is 51.3. The Morgan fingerprint density at radius 1 is 0.851 bits per heavy atom. The molecule has 5 aromatic carbocycles. The van der Waals surface area contributed by atoms with E-state index in [4.69, 9.17) is 19.5 Å². The summed E-state index contributed by atoms with van der Waals surface area (Å²) in [7, 11) is 3.82. The van der Waals surface area contributed by atoms with Gasteiger partial charge in [0.15, 0.2) is 40.0 Å². The number of ether oxygens (including phenoxy) is 1. The number of carbonyl (C=O) groups excluding carboxylic acids is 3. The van der Waals surface area contributed by atoms with Crippen LogP contribution in [0.1, 0.15) is 46.5 Å². The van der Waals surface area contributed by atoms with Crippen molar-refractivity contribution >= 4 is 80.5 Å². The fourth-order valence-corrected chi connectivity index (χ4v) is 12.3. The molecule has 1 fully saturated rings. The van der Waals surface area contributed by atoms with E-state index in [0.29, 0.717) is 15.9 Å². The second-order valence-corrected chi connectivity index (χ2v) is 20.5. The lowest BCUT2D eigenvalue weighted by molar-refractivity contribution is -0.670. The number of aromatic nitrogens is 4. The van der Waals surface area contributed by atoms with Gasteiger partial charge in [-0.3, -0.25) is 14.5 Å². The first-order chi connectivity index (χ1) is 36.0. The van der Waals surface area contributed by atoms with Crippen molar-refractivity contribution in [3.05, 3.63) is 220 Å². The molecule has 372 valence electrons. The van der Waals surface area contributed by atoms with Gasteiger partial charge in [-0.1, -0.05) is 169 Å². The molecule has 74 heavy (non-hydrogen) atoms. The van der Waals surface area contributed by atoms with Gasteiger partial charge in [-0.15, -0.1) is 23.1 Å². The lowest BCUT2D eigenvalue weighted by Crippen LogP contribution is -2.71. The van der Waals surface area contributed by atoms with Gasteiger partial charge in [-0.25, -0.2) is 24.1 Å². The third kappa shape index (κ3) is 9.90. The number of amides is 2. The monoisotopic (exact) mass is 1040 g/mol. The van der Waals surface area contributed by atoms with Crippen molar-refractivity contribution in [2.45, 2.75) is 41.2 Å². The molecule has 0 saturated carbocycles. The summed E-state index contributed by atoms with van der Waals surface area (Å²) in [6, 6.07) is 49.3. The van der Waals surface area contributed by atoms with Crippen LogP contribution in [0.15, 0.2) is 197 Å². The van der Waals surface area contributed by atoms with Crippen molar-refractivity contribution in [3.63, 3.8) is 0 Å². The van der Waals surface area contributed by atoms with Crippen LogP contribution in [0.5, 0.6) is 0 Å². The van der Waals surface area contributed by atoms with Crippen LogP contribution in [0.2, 0.25) is 0 Å². The molecule has 0 radical (unpaired) electrons. The normalized spacial score (nSPS) is 16.1. The number of aliphatic carboxylic acids is 1. The standard InChI is InChI=1S/C56H48N8O7S3/c1-35(53(69)70-48(36-19-9-4-10-20-36)37-21-11-5-12-22-37)71-61-45(43-34-73-54(57-43)60-56(39-23-13-6-14-24-39,40-25-15-7-16-26-40)41-27-17-8-18-28-41)49(65)59-46-50(66)64-47(52(67)68)38(32-72-51(46)64)33-74-55-58-42-31-62(2)30-29-44(42)63(55)3/h4-31,34-35,46,48,51H,32-33H2,1-3H3,(H2-,57,59,60,65,67,68)/p+1/t35-,46?,51-/m0/s1. The number of carboxylic acids is 1. The van der Waals surface area contributed by atoms with E-state index in [1.54, 1.807) is 5.38 Å². The van der Waals surface area contributed by atoms with Gasteiger partial charge in [0.1, 0.15) is 35.4 Å². The molecule has 1 saturated heterocycles. The van der Waals surface area contributed by atoms with Gasteiger partial charge in [0.05, 0.1) is 5.52 Å². The Morgan fingerprint density at radius 2 is 1.42 bits per heavy atom. The topological polar surface area (TPSA) is 181 Å². The molecular weight excluding hydrogens is 993 g/mol. The smallest absolute Gasteiger partial charge is 0.352 e. The van der Waals surface area contributed by atoms with E-state index >= 15 is 0 Å². The number of carboxylic acid groups (broad SMARTS) is 1. The highest BCUT2D eigenvalue weighted by atomic mass is 32.2. The van der Waals surface area contributed by atoms with Crippen LogP contribution in [-0.4, -0.2) is 83.0 Å². The Bertz CT molecular complexity index is 3280. The molecule has 0 spiro atoms. The molecule has 15 nitrogen and oxygen atoms in total. The molecule has 2 amide bonds. The number of pyridine rings is 1. The maximum atomic E-state index is 14.7. The Morgan fingerprint density at radius 3 is 1.99 bits per heavy atom. The number of esters is 1. The van der Waals surface area contributed by atoms with Crippen molar-refractivity contribution in [2.24, 2.45) is 19.3 Å². The molecular formula is C56H49N8O7S3+. The lowest BCUT2D eigenvalue weighted by atomic mass is 9.77. The number of β-lactam (4-membered cyclic amide) rings is 1. The first kappa shape index (κ1) is 49.5. The molecule has 8 aromatic rings. The zero-order valence-electron chi connectivity index (χ0n) is 40.3. The second-order valence-electron chi connectivity index (χ2n) is 17.6. The van der Waals surface area contributed by atoms with Gasteiger partial charge in [0, 0.05) is 30.0 Å². The van der Waals surface area contributed by atoms with Gasteiger partial charge < -0.3 is 29.9 Å². The van der Waals surface area contributed by atoms with E-state index in [1.807, 2.05) is 193 Å². The number of anilines is 1. The highest BCUT2D eigenvalue weighted by Crippen LogP contribution is 2.43. The van der Waals surface area contributed by atoms with Crippen LogP contribution in [0.4, 0.5) is 5.13 Å². The second kappa shape index (κ2) is 21.6. The van der Waals surface area contributed by atoms with Crippen molar-refractivity contribution in [1.29, 1.82) is 0 Å². The third-order valence-corrected chi connectivity index (χ3v) is 16.0. The SMILES string of the molecule is C[C@H](ON=C(C(=O)NC1C(=O)N2C(C(=O)O)=C(CSc3nc4c[n+](C)ccc4n3C)CS[C@@H]12)c1csc(NC(c2ccccc2)(c2ccccc2)c2ccccc2)n1)C(=O)OC(c1ccccc1)c1ccccc1. The van der Waals surface area contributed by atoms with Crippen LogP contribution < -0.4 is 15.2 Å². The number of hydrogen-bond acceptors (Lipinski definition) is 13. The zero-order valence-corrected chi connectivity index (χ0v) is 42.7. The maximum absolute atomic E-state index is 14.7. The highest BCUT2D eigenvalue weighted by molar-refractivity contribution is 8.01. The predicted octanol–water partition coefficient (Wildman–Crippen LogP) is 8.23. The number of benzene rings is 5. The quantitative estimate of drug-likeness (QED) is 0.0143. The van der Waals surface area contributed by atoms with Crippen LogP contribution in [-0.2, 0) is 48.4 Å². The summed E-state index contributed by atoms with van der Waals surface area (Å²) >= 11 is 3.96. The number of hydrogen-bond donors (Lipinski definition) is 3. The molecule has 10 rings (SSSR count). The number of aryl methyl sites for hydroxylation is 2. The summed E-state index contributed by atoms with van der Waals surface area (Å²) in [5.41, 5.74) is 5.23. The van der Waals surface area contributed by atoms with Crippen LogP contribution in [0.25, 0.3) is 11.0 Å². The van der Waals surface area contributed by atoms with E-state index in [0.717, 1.165) is 38.9 Å². The molecule has 0 aliphatic carbocycles. The van der Waals surface area contributed by atoms with Crippen LogP contribution in [0, 0.1) is 0 Å². The Hall–Kier alpha value is -8.06. The van der Waals surface area contributed by atoms with Gasteiger partial charge in [-0.05, 0) is 40.3 Å². The summed E-state index contributed by atoms with van der Waals surface area (Å²) in [6.45, 7) is 1.47. The number of thiazole rings is 1. The van der Waals surface area contributed by atoms with Gasteiger partial charge >= 0.3 is 11.9 Å². The third-order valence-electron chi connectivity index (χ3n) is 12.8. The number of fused-ring (bicyclic) bond motifs is 2. The van der Waals surface area contributed by atoms with Gasteiger partial charge in [0.2, 0.25) is 6.10 Å². The molecule has 2 aliphatic heterocycles. The molecule has 0 bridgehead atoms. The number of imidazole rings is 1. The molecule has 2 aliphatic rings. The Labute approximate surface area is 439 Å². The molecule has 5 heterocycles. The Balaban J connectivity index is 0.944.